The van der Waals surface area contributed by atoms with Crippen molar-refractivity contribution in [3.8, 4) is 0 Å². The fraction of sp³-hybridized carbons (Fsp3) is 0.778. The molecular formula is C9H16O2S2. The third-order valence-electron chi connectivity index (χ3n) is 2.88. The molecule has 2 nitrogen and oxygen atoms in total. The van der Waals surface area contributed by atoms with Gasteiger partial charge >= 0.3 is 0 Å². The molecule has 1 aliphatic rings. The van der Waals surface area contributed by atoms with Gasteiger partial charge in [-0.3, -0.25) is 4.21 Å². The number of hydrogen-bond acceptors (Lipinski definition) is 3. The number of rotatable bonds is 3. The van der Waals surface area contributed by atoms with E-state index in [0.29, 0.717) is 11.8 Å². The van der Waals surface area contributed by atoms with E-state index in [0.717, 1.165) is 18.5 Å². The van der Waals surface area contributed by atoms with E-state index in [9.17, 15) is 4.21 Å². The fourth-order valence-electron chi connectivity index (χ4n) is 1.79. The van der Waals surface area contributed by atoms with Crippen molar-refractivity contribution < 1.29 is 8.76 Å². The van der Waals surface area contributed by atoms with Gasteiger partial charge in [-0.25, -0.2) is 0 Å². The molecule has 0 aromatic rings. The van der Waals surface area contributed by atoms with Gasteiger partial charge in [0.1, 0.15) is 4.58 Å². The summed E-state index contributed by atoms with van der Waals surface area (Å²) in [6.07, 6.45) is 2.60. The maximum Gasteiger partial charge on any atom is 0.109 e. The molecule has 0 bridgehead atoms. The van der Waals surface area contributed by atoms with Crippen molar-refractivity contribution in [1.82, 2.24) is 0 Å². The molecule has 1 rings (SSSR count). The summed E-state index contributed by atoms with van der Waals surface area (Å²) in [6, 6.07) is 0. The summed E-state index contributed by atoms with van der Waals surface area (Å²) in [5.74, 6) is 0.726. The topological polar surface area (TPSA) is 37.3 Å². The van der Waals surface area contributed by atoms with Crippen LogP contribution in [0, 0.1) is 11.8 Å². The molecule has 0 amide bonds. The molecule has 5 atom stereocenters. The van der Waals surface area contributed by atoms with Crippen LogP contribution in [0.5, 0.6) is 0 Å². The maximum atomic E-state index is 11.8. The van der Waals surface area contributed by atoms with E-state index in [1.807, 2.05) is 6.08 Å². The van der Waals surface area contributed by atoms with Gasteiger partial charge in [0.05, 0.1) is 0 Å². The van der Waals surface area contributed by atoms with Crippen LogP contribution in [0.2, 0.25) is 0 Å². The second-order valence-electron chi connectivity index (χ2n) is 3.58. The van der Waals surface area contributed by atoms with Gasteiger partial charge < -0.3 is 4.55 Å². The van der Waals surface area contributed by atoms with Gasteiger partial charge in [0.2, 0.25) is 0 Å². The summed E-state index contributed by atoms with van der Waals surface area (Å²) in [5.41, 5.74) is 0. The molecule has 4 heteroatoms. The highest BCUT2D eigenvalue weighted by atomic mass is 32.2. The van der Waals surface area contributed by atoms with Gasteiger partial charge in [0, 0.05) is 28.1 Å². The Hall–Kier alpha value is 0.200. The van der Waals surface area contributed by atoms with E-state index in [4.69, 9.17) is 4.55 Å². The van der Waals surface area contributed by atoms with Crippen molar-refractivity contribution in [3.63, 3.8) is 0 Å². The molecule has 0 aromatic heterocycles. The Morgan fingerprint density at radius 3 is 2.54 bits per heavy atom. The normalized spacial score (nSPS) is 45.0. The molecule has 0 aromatic carbocycles. The van der Waals surface area contributed by atoms with Crippen LogP contribution in [0.1, 0.15) is 20.3 Å². The molecule has 13 heavy (non-hydrogen) atoms. The molecule has 0 radical (unpaired) electrons. The quantitative estimate of drug-likeness (QED) is 0.586. The summed E-state index contributed by atoms with van der Waals surface area (Å²) in [6.45, 7) is 7.82. The lowest BCUT2D eigenvalue weighted by Gasteiger charge is -2.14. The fourth-order valence-corrected chi connectivity index (χ4v) is 5.01. The lowest BCUT2D eigenvalue weighted by atomic mass is 9.93. The standard InChI is InChI=1S/C9H16O2S2/c1-4-5-8-6(2)7(3)9(12-10)13(8)11/h4,6-10H,1,5H2,2-3H3/t6-,7+,8-,9+,13?/m1/s1. The predicted molar refractivity (Wildman–Crippen MR) is 59.1 cm³/mol. The van der Waals surface area contributed by atoms with Crippen LogP contribution in [-0.4, -0.2) is 18.6 Å². The van der Waals surface area contributed by atoms with Crippen molar-refractivity contribution in [2.24, 2.45) is 11.8 Å². The molecule has 1 unspecified atom stereocenters. The summed E-state index contributed by atoms with van der Waals surface area (Å²) in [7, 11) is -0.917. The minimum Gasteiger partial charge on any atom is -0.329 e. The highest BCUT2D eigenvalue weighted by Gasteiger charge is 2.44. The summed E-state index contributed by atoms with van der Waals surface area (Å²) >= 11 is 0.748. The van der Waals surface area contributed by atoms with Crippen LogP contribution in [-0.2, 0) is 10.8 Å². The minimum atomic E-state index is -0.917. The van der Waals surface area contributed by atoms with Crippen LogP contribution in [0.3, 0.4) is 0 Å². The summed E-state index contributed by atoms with van der Waals surface area (Å²) in [4.78, 5) is 0. The highest BCUT2D eigenvalue weighted by molar-refractivity contribution is 8.08. The first kappa shape index (κ1) is 11.3. The molecule has 1 heterocycles. The molecular weight excluding hydrogens is 204 g/mol. The first-order chi connectivity index (χ1) is 6.13. The first-order valence-electron chi connectivity index (χ1n) is 4.44. The molecule has 76 valence electrons. The van der Waals surface area contributed by atoms with Crippen LogP contribution in [0.15, 0.2) is 12.7 Å². The van der Waals surface area contributed by atoms with Crippen LogP contribution >= 0.6 is 12.0 Å². The molecule has 1 fully saturated rings. The first-order valence-corrected chi connectivity index (χ1v) is 6.55. The minimum absolute atomic E-state index is 0.111. The Kier molecular flexibility index (Phi) is 4.01. The van der Waals surface area contributed by atoms with Crippen molar-refractivity contribution in [3.05, 3.63) is 12.7 Å². The monoisotopic (exact) mass is 220 g/mol. The number of hydrogen-bond donors (Lipinski definition) is 1. The zero-order valence-electron chi connectivity index (χ0n) is 7.97. The summed E-state index contributed by atoms with van der Waals surface area (Å²) < 4.78 is 20.7. The zero-order chi connectivity index (χ0) is 10.0. The van der Waals surface area contributed by atoms with Crippen molar-refractivity contribution in [2.75, 3.05) is 0 Å². The largest absolute Gasteiger partial charge is 0.329 e. The van der Waals surface area contributed by atoms with E-state index in [-0.39, 0.29) is 9.83 Å². The van der Waals surface area contributed by atoms with Gasteiger partial charge in [-0.1, -0.05) is 19.9 Å². The van der Waals surface area contributed by atoms with Gasteiger partial charge in [0.25, 0.3) is 0 Å². The van der Waals surface area contributed by atoms with Gasteiger partial charge in [0.15, 0.2) is 0 Å². The Bertz CT molecular complexity index is 218. The third kappa shape index (κ3) is 2.00. The smallest absolute Gasteiger partial charge is 0.109 e. The highest BCUT2D eigenvalue weighted by Crippen LogP contribution is 2.40. The van der Waals surface area contributed by atoms with E-state index >= 15 is 0 Å². The van der Waals surface area contributed by atoms with Gasteiger partial charge in [-0.2, -0.15) is 0 Å². The Morgan fingerprint density at radius 2 is 2.15 bits per heavy atom. The Balaban J connectivity index is 2.77. The lowest BCUT2D eigenvalue weighted by molar-refractivity contribution is 0.423. The zero-order valence-corrected chi connectivity index (χ0v) is 9.61. The van der Waals surface area contributed by atoms with Crippen molar-refractivity contribution in [2.45, 2.75) is 30.1 Å². The van der Waals surface area contributed by atoms with E-state index < -0.39 is 10.8 Å². The maximum absolute atomic E-state index is 11.8. The molecule has 1 aliphatic heterocycles. The Labute approximate surface area is 86.5 Å². The second kappa shape index (κ2) is 4.62. The summed E-state index contributed by atoms with van der Waals surface area (Å²) in [5, 5.41) is 0.178. The van der Waals surface area contributed by atoms with Crippen LogP contribution < -0.4 is 0 Å². The Morgan fingerprint density at radius 1 is 1.54 bits per heavy atom. The van der Waals surface area contributed by atoms with Gasteiger partial charge in [-0.15, -0.1) is 6.58 Å². The molecule has 1 saturated heterocycles. The van der Waals surface area contributed by atoms with E-state index in [1.54, 1.807) is 0 Å². The number of allylic oxidation sites excluding steroid dienone is 1. The molecule has 0 aliphatic carbocycles. The average molecular weight is 220 g/mol. The molecule has 0 saturated carbocycles. The van der Waals surface area contributed by atoms with Crippen LogP contribution in [0.25, 0.3) is 0 Å². The molecule has 1 N–H and O–H groups in total. The second-order valence-corrected chi connectivity index (χ2v) is 6.37. The average Bonchev–Trinajstić information content (AvgIpc) is 2.31. The molecule has 0 spiro atoms. The van der Waals surface area contributed by atoms with Crippen molar-refractivity contribution in [1.29, 1.82) is 0 Å². The van der Waals surface area contributed by atoms with Gasteiger partial charge in [-0.05, 0) is 18.3 Å². The van der Waals surface area contributed by atoms with Crippen molar-refractivity contribution >= 4 is 22.8 Å². The van der Waals surface area contributed by atoms with Crippen LogP contribution in [0.4, 0.5) is 0 Å². The van der Waals surface area contributed by atoms with E-state index in [2.05, 4.69) is 20.4 Å². The van der Waals surface area contributed by atoms with E-state index in [1.165, 1.54) is 0 Å². The predicted octanol–water partition coefficient (Wildman–Crippen LogP) is 2.50. The third-order valence-corrected chi connectivity index (χ3v) is 6.45. The lowest BCUT2D eigenvalue weighted by Crippen LogP contribution is -2.16. The SMILES string of the molecule is C=CC[C@@H]1[C@H](C)[C@H](C)[C@@H](SO)S1=O.